The molecule has 1 N–H and O–H groups in total. The molecule has 1 saturated heterocycles. The minimum absolute atomic E-state index is 0.201. The van der Waals surface area contributed by atoms with E-state index in [2.05, 4.69) is 11.4 Å². The van der Waals surface area contributed by atoms with Crippen LogP contribution in [0.2, 0.25) is 0 Å². The van der Waals surface area contributed by atoms with E-state index in [4.69, 9.17) is 4.74 Å². The molecule has 2 aliphatic rings. The molecule has 0 atom stereocenters. The summed E-state index contributed by atoms with van der Waals surface area (Å²) in [5.74, 6) is 0.154. The summed E-state index contributed by atoms with van der Waals surface area (Å²) in [6.45, 7) is 8.70. The zero-order valence-electron chi connectivity index (χ0n) is 18.6. The van der Waals surface area contributed by atoms with Gasteiger partial charge in [0.1, 0.15) is 17.2 Å². The van der Waals surface area contributed by atoms with E-state index < -0.39 is 5.82 Å². The summed E-state index contributed by atoms with van der Waals surface area (Å²) >= 11 is 0. The van der Waals surface area contributed by atoms with Crippen LogP contribution in [0.4, 0.5) is 4.39 Å². The van der Waals surface area contributed by atoms with Crippen LogP contribution in [0.15, 0.2) is 42.5 Å². The Morgan fingerprint density at radius 1 is 1.13 bits per heavy atom. The lowest BCUT2D eigenvalue weighted by Crippen LogP contribution is -2.46. The zero-order valence-corrected chi connectivity index (χ0v) is 18.6. The first-order valence-corrected chi connectivity index (χ1v) is 11.4. The predicted octanol–water partition coefficient (Wildman–Crippen LogP) is 4.82. The molecular formula is C26H31FN2O2. The highest BCUT2D eigenvalue weighted by atomic mass is 19.1. The first-order valence-electron chi connectivity index (χ1n) is 11.4. The van der Waals surface area contributed by atoms with Crippen LogP contribution >= 0.6 is 0 Å². The third-order valence-electron chi connectivity index (χ3n) is 6.48. The van der Waals surface area contributed by atoms with Gasteiger partial charge in [0.05, 0.1) is 5.56 Å². The molecule has 0 aliphatic carbocycles. The molecule has 0 saturated carbocycles. The van der Waals surface area contributed by atoms with Crippen molar-refractivity contribution in [1.29, 1.82) is 0 Å². The van der Waals surface area contributed by atoms with E-state index in [1.165, 1.54) is 6.07 Å². The molecule has 1 spiro atoms. The normalized spacial score (nSPS) is 17.0. The largest absolute Gasteiger partial charge is 0.482 e. The summed E-state index contributed by atoms with van der Waals surface area (Å²) < 4.78 is 21.9. The van der Waals surface area contributed by atoms with Gasteiger partial charge in [-0.2, -0.15) is 0 Å². The highest BCUT2D eigenvalue weighted by Crippen LogP contribution is 2.43. The number of fused-ring (bicyclic) bond motifs is 1. The number of piperidine rings is 1. The lowest BCUT2D eigenvalue weighted by atomic mass is 9.82. The fraction of sp³-hybridized carbons (Fsp3) is 0.423. The zero-order chi connectivity index (χ0) is 22.0. The Morgan fingerprint density at radius 3 is 2.52 bits per heavy atom. The van der Waals surface area contributed by atoms with E-state index in [9.17, 15) is 4.79 Å². The molecule has 1 amide bonds. The average molecular weight is 423 g/mol. The molecule has 2 heterocycles. The van der Waals surface area contributed by atoms with Gasteiger partial charge < -0.3 is 15.0 Å². The second-order valence-electron chi connectivity index (χ2n) is 8.29. The number of carbonyl (C=O) groups excluding carboxylic acids is 1. The van der Waals surface area contributed by atoms with Gasteiger partial charge in [-0.3, -0.25) is 4.79 Å². The predicted molar refractivity (Wildman–Crippen MR) is 122 cm³/mol. The minimum atomic E-state index is -0.449. The highest BCUT2D eigenvalue weighted by molar-refractivity contribution is 5.97. The third-order valence-corrected chi connectivity index (χ3v) is 6.48. The summed E-state index contributed by atoms with van der Waals surface area (Å²) in [7, 11) is 0. The number of nitrogens with zero attached hydrogens (tertiary/aromatic N) is 1. The number of aryl methyl sites for hydroxylation is 1. The van der Waals surface area contributed by atoms with Crippen molar-refractivity contribution in [3.63, 3.8) is 0 Å². The van der Waals surface area contributed by atoms with Crippen molar-refractivity contribution in [3.05, 3.63) is 70.5 Å². The van der Waals surface area contributed by atoms with Crippen LogP contribution < -0.4 is 10.1 Å². The summed E-state index contributed by atoms with van der Waals surface area (Å²) in [6.07, 6.45) is 4.50. The van der Waals surface area contributed by atoms with Crippen molar-refractivity contribution >= 4 is 11.5 Å². The number of benzene rings is 2. The van der Waals surface area contributed by atoms with Crippen LogP contribution in [0.1, 0.15) is 60.7 Å². The van der Waals surface area contributed by atoms with Crippen molar-refractivity contribution in [1.82, 2.24) is 10.2 Å². The van der Waals surface area contributed by atoms with Gasteiger partial charge in [-0.1, -0.05) is 31.2 Å². The van der Waals surface area contributed by atoms with E-state index in [-0.39, 0.29) is 17.1 Å². The second-order valence-corrected chi connectivity index (χ2v) is 8.29. The Bertz CT molecular complexity index is 1000. The Labute approximate surface area is 184 Å². The second kappa shape index (κ2) is 8.83. The van der Waals surface area contributed by atoms with Crippen LogP contribution in [0.5, 0.6) is 5.75 Å². The number of ether oxygens (including phenoxy) is 1. The molecule has 164 valence electrons. The van der Waals surface area contributed by atoms with E-state index in [0.29, 0.717) is 19.5 Å². The average Bonchev–Trinajstić information content (AvgIpc) is 2.79. The quantitative estimate of drug-likeness (QED) is 0.751. The molecule has 0 aromatic heterocycles. The van der Waals surface area contributed by atoms with Gasteiger partial charge in [-0.05, 0) is 68.3 Å². The van der Waals surface area contributed by atoms with Crippen molar-refractivity contribution in [3.8, 4) is 5.75 Å². The molecule has 2 aliphatic heterocycles. The maximum atomic E-state index is 15.4. The van der Waals surface area contributed by atoms with E-state index >= 15 is 4.39 Å². The summed E-state index contributed by atoms with van der Waals surface area (Å²) in [6, 6.07) is 11.5. The number of amides is 1. The van der Waals surface area contributed by atoms with Crippen molar-refractivity contribution in [2.75, 3.05) is 26.2 Å². The SMILES string of the molecule is CCc1cc(C2=CC3(CCNCC3)Oc3ccccc32)cc(F)c1C(=O)N(CC)CC. The Hall–Kier alpha value is -2.66. The van der Waals surface area contributed by atoms with Gasteiger partial charge in [0.15, 0.2) is 0 Å². The van der Waals surface area contributed by atoms with E-state index in [0.717, 1.165) is 53.9 Å². The molecule has 2 aromatic carbocycles. The Morgan fingerprint density at radius 2 is 1.84 bits per heavy atom. The van der Waals surface area contributed by atoms with E-state index in [1.54, 1.807) is 4.90 Å². The monoisotopic (exact) mass is 422 g/mol. The fourth-order valence-electron chi connectivity index (χ4n) is 4.71. The number of hydrogen-bond acceptors (Lipinski definition) is 3. The molecule has 2 aromatic rings. The maximum Gasteiger partial charge on any atom is 0.257 e. The first kappa shape index (κ1) is 21.6. The molecule has 0 radical (unpaired) electrons. The van der Waals surface area contributed by atoms with Crippen LogP contribution in [-0.4, -0.2) is 42.6 Å². The molecule has 0 bridgehead atoms. The number of nitrogens with one attached hydrogen (secondary N) is 1. The van der Waals surface area contributed by atoms with Gasteiger partial charge in [-0.15, -0.1) is 0 Å². The Kier molecular flexibility index (Phi) is 6.15. The Balaban J connectivity index is 1.84. The van der Waals surface area contributed by atoms with Crippen molar-refractivity contribution in [2.24, 2.45) is 0 Å². The van der Waals surface area contributed by atoms with Crippen LogP contribution in [0.25, 0.3) is 5.57 Å². The topological polar surface area (TPSA) is 41.6 Å². The van der Waals surface area contributed by atoms with Crippen LogP contribution in [0.3, 0.4) is 0 Å². The lowest BCUT2D eigenvalue weighted by Gasteiger charge is -2.40. The van der Waals surface area contributed by atoms with Gasteiger partial charge >= 0.3 is 0 Å². The molecular weight excluding hydrogens is 391 g/mol. The smallest absolute Gasteiger partial charge is 0.257 e. The minimum Gasteiger partial charge on any atom is -0.482 e. The van der Waals surface area contributed by atoms with Gasteiger partial charge in [0, 0.05) is 31.5 Å². The molecule has 4 rings (SSSR count). The van der Waals surface area contributed by atoms with E-state index in [1.807, 2.05) is 51.1 Å². The molecule has 5 heteroatoms. The standard InChI is InChI=1S/C26H31FN2O2/c1-4-18-15-19(16-22(27)24(18)25(30)29(5-2)6-3)21-17-26(11-13-28-14-12-26)31-23-10-8-7-9-20(21)23/h7-10,15-17,28H,4-6,11-14H2,1-3H3. The summed E-state index contributed by atoms with van der Waals surface area (Å²) in [4.78, 5) is 14.7. The fourth-order valence-corrected chi connectivity index (χ4v) is 4.71. The molecule has 4 nitrogen and oxygen atoms in total. The summed E-state index contributed by atoms with van der Waals surface area (Å²) in [5, 5.41) is 3.39. The van der Waals surface area contributed by atoms with Crippen LogP contribution in [0, 0.1) is 5.82 Å². The van der Waals surface area contributed by atoms with Crippen molar-refractivity contribution < 1.29 is 13.9 Å². The van der Waals surface area contributed by atoms with Gasteiger partial charge in [0.2, 0.25) is 0 Å². The van der Waals surface area contributed by atoms with Crippen molar-refractivity contribution in [2.45, 2.75) is 45.6 Å². The van der Waals surface area contributed by atoms with Crippen LogP contribution in [-0.2, 0) is 6.42 Å². The van der Waals surface area contributed by atoms with Gasteiger partial charge in [0.25, 0.3) is 5.91 Å². The summed E-state index contributed by atoms with van der Waals surface area (Å²) in [5.41, 5.74) is 3.32. The number of halogens is 1. The molecule has 31 heavy (non-hydrogen) atoms. The third kappa shape index (κ3) is 3.99. The number of rotatable bonds is 5. The number of carbonyl (C=O) groups is 1. The molecule has 1 fully saturated rings. The number of hydrogen-bond donors (Lipinski definition) is 1. The molecule has 0 unspecified atom stereocenters. The lowest BCUT2D eigenvalue weighted by molar-refractivity contribution is 0.0766. The highest BCUT2D eigenvalue weighted by Gasteiger charge is 2.37. The first-order chi connectivity index (χ1) is 15.0. The maximum absolute atomic E-state index is 15.4. The van der Waals surface area contributed by atoms with Gasteiger partial charge in [-0.25, -0.2) is 4.39 Å². The number of para-hydroxylation sites is 1.